The lowest BCUT2D eigenvalue weighted by atomic mass is 9.74. The molecule has 0 unspecified atom stereocenters. The standard InChI is InChI=1S/C24H29F3N6O/c1-16-14-28-20-19(16)21(30-15-29-20)33-11-8-23(9-12-33,7-10-32(2)3)22(34)31-18-6-4-5-17(13-18)24(25,26)27/h4-6,13-15H,7-12H2,1-3H3,(H,31,34)(H,28,29,30). The molecule has 0 aliphatic carbocycles. The number of anilines is 2. The molecule has 2 N–H and O–H groups in total. The molecule has 4 rings (SSSR count). The number of carbonyl (C=O) groups excluding carboxylic acids is 1. The second kappa shape index (κ2) is 9.25. The molecule has 1 aromatic carbocycles. The van der Waals surface area contributed by atoms with E-state index in [-0.39, 0.29) is 11.6 Å². The number of halogens is 3. The fourth-order valence-corrected chi connectivity index (χ4v) is 4.55. The summed E-state index contributed by atoms with van der Waals surface area (Å²) in [6, 6.07) is 4.79. The van der Waals surface area contributed by atoms with Crippen molar-refractivity contribution in [1.82, 2.24) is 19.9 Å². The van der Waals surface area contributed by atoms with E-state index in [1.807, 2.05) is 32.1 Å². The number of amides is 1. The van der Waals surface area contributed by atoms with Crippen molar-refractivity contribution < 1.29 is 18.0 Å². The van der Waals surface area contributed by atoms with E-state index in [0.717, 1.165) is 34.5 Å². The van der Waals surface area contributed by atoms with Gasteiger partial charge in [-0.05, 0) is 70.6 Å². The lowest BCUT2D eigenvalue weighted by Gasteiger charge is -2.41. The fraction of sp³-hybridized carbons (Fsp3) is 0.458. The van der Waals surface area contributed by atoms with Gasteiger partial charge in [-0.15, -0.1) is 0 Å². The highest BCUT2D eigenvalue weighted by Crippen LogP contribution is 2.39. The van der Waals surface area contributed by atoms with Crippen molar-refractivity contribution in [2.45, 2.75) is 32.4 Å². The molecule has 0 bridgehead atoms. The van der Waals surface area contributed by atoms with Crippen LogP contribution in [0.1, 0.15) is 30.4 Å². The monoisotopic (exact) mass is 474 g/mol. The minimum Gasteiger partial charge on any atom is -0.356 e. The first-order valence-electron chi connectivity index (χ1n) is 11.3. The number of hydrogen-bond acceptors (Lipinski definition) is 5. The average molecular weight is 475 g/mol. The molecule has 10 heteroatoms. The van der Waals surface area contributed by atoms with Crippen molar-refractivity contribution in [3.63, 3.8) is 0 Å². The molecule has 7 nitrogen and oxygen atoms in total. The summed E-state index contributed by atoms with van der Waals surface area (Å²) < 4.78 is 39.4. The predicted octanol–water partition coefficient (Wildman–Crippen LogP) is 4.46. The highest BCUT2D eigenvalue weighted by molar-refractivity contribution is 5.96. The Balaban J connectivity index is 1.55. The van der Waals surface area contributed by atoms with Gasteiger partial charge in [-0.1, -0.05) is 6.07 Å². The van der Waals surface area contributed by atoms with Gasteiger partial charge in [0.05, 0.1) is 16.4 Å². The van der Waals surface area contributed by atoms with Crippen LogP contribution in [0.2, 0.25) is 0 Å². The predicted molar refractivity (Wildman–Crippen MR) is 126 cm³/mol. The van der Waals surface area contributed by atoms with Crippen molar-refractivity contribution in [2.75, 3.05) is 43.9 Å². The highest BCUT2D eigenvalue weighted by atomic mass is 19.4. The maximum absolute atomic E-state index is 13.5. The van der Waals surface area contributed by atoms with Crippen molar-refractivity contribution in [3.8, 4) is 0 Å². The van der Waals surface area contributed by atoms with Crippen LogP contribution in [0.5, 0.6) is 0 Å². The first-order valence-corrected chi connectivity index (χ1v) is 11.3. The molecule has 0 saturated carbocycles. The fourth-order valence-electron chi connectivity index (χ4n) is 4.55. The van der Waals surface area contributed by atoms with Crippen molar-refractivity contribution in [3.05, 3.63) is 47.9 Å². The number of aromatic amines is 1. The quantitative estimate of drug-likeness (QED) is 0.552. The number of aryl methyl sites for hydroxylation is 1. The molecule has 1 aliphatic rings. The molecular weight excluding hydrogens is 445 g/mol. The Morgan fingerprint density at radius 3 is 2.65 bits per heavy atom. The molecule has 0 radical (unpaired) electrons. The van der Waals surface area contributed by atoms with Gasteiger partial charge in [-0.2, -0.15) is 13.2 Å². The summed E-state index contributed by atoms with van der Waals surface area (Å²) in [4.78, 5) is 29.6. The zero-order valence-corrected chi connectivity index (χ0v) is 19.5. The third-order valence-electron chi connectivity index (χ3n) is 6.63. The maximum atomic E-state index is 13.5. The highest BCUT2D eigenvalue weighted by Gasteiger charge is 2.42. The van der Waals surface area contributed by atoms with Gasteiger partial charge in [0.15, 0.2) is 0 Å². The number of nitrogens with zero attached hydrogens (tertiary/aromatic N) is 4. The van der Waals surface area contributed by atoms with Crippen LogP contribution in [0.4, 0.5) is 24.7 Å². The molecule has 1 saturated heterocycles. The Hall–Kier alpha value is -3.14. The summed E-state index contributed by atoms with van der Waals surface area (Å²) in [5, 5.41) is 3.74. The van der Waals surface area contributed by atoms with Crippen molar-refractivity contribution in [1.29, 1.82) is 0 Å². The third kappa shape index (κ3) is 4.86. The van der Waals surface area contributed by atoms with Crippen LogP contribution < -0.4 is 10.2 Å². The Kier molecular flexibility index (Phi) is 6.53. The van der Waals surface area contributed by atoms with Crippen molar-refractivity contribution >= 4 is 28.4 Å². The van der Waals surface area contributed by atoms with Crippen molar-refractivity contribution in [2.24, 2.45) is 5.41 Å². The van der Waals surface area contributed by atoms with E-state index >= 15 is 0 Å². The second-order valence-electron chi connectivity index (χ2n) is 9.25. The zero-order chi connectivity index (χ0) is 24.5. The summed E-state index contributed by atoms with van der Waals surface area (Å²) in [5.74, 6) is 0.599. The number of H-pyrrole nitrogens is 1. The summed E-state index contributed by atoms with van der Waals surface area (Å²) in [7, 11) is 3.89. The van der Waals surface area contributed by atoms with Crippen LogP contribution in [0.25, 0.3) is 11.0 Å². The van der Waals surface area contributed by atoms with E-state index < -0.39 is 17.2 Å². The second-order valence-corrected chi connectivity index (χ2v) is 9.25. The van der Waals surface area contributed by atoms with Crippen LogP contribution in [-0.2, 0) is 11.0 Å². The van der Waals surface area contributed by atoms with Crippen LogP contribution in [0, 0.1) is 12.3 Å². The van der Waals surface area contributed by atoms with Gasteiger partial charge in [0.25, 0.3) is 0 Å². The molecule has 0 spiro atoms. The minimum absolute atomic E-state index is 0.159. The molecular formula is C24H29F3N6O. The topological polar surface area (TPSA) is 77.2 Å². The van der Waals surface area contributed by atoms with Gasteiger partial charge in [0, 0.05) is 25.0 Å². The summed E-state index contributed by atoms with van der Waals surface area (Å²) in [5.41, 5.74) is 0.518. The summed E-state index contributed by atoms with van der Waals surface area (Å²) in [6.07, 6.45) is 0.717. The summed E-state index contributed by atoms with van der Waals surface area (Å²) in [6.45, 7) is 3.92. The lowest BCUT2D eigenvalue weighted by Crippen LogP contribution is -2.48. The van der Waals surface area contributed by atoms with E-state index in [2.05, 4.69) is 25.2 Å². The molecule has 1 aliphatic heterocycles. The third-order valence-corrected chi connectivity index (χ3v) is 6.63. The van der Waals surface area contributed by atoms with Gasteiger partial charge < -0.3 is 20.1 Å². The molecule has 1 amide bonds. The first kappa shape index (κ1) is 24.0. The number of rotatable bonds is 6. The van der Waals surface area contributed by atoms with Crippen LogP contribution in [-0.4, -0.2) is 59.5 Å². The van der Waals surface area contributed by atoms with E-state index in [4.69, 9.17) is 0 Å². The smallest absolute Gasteiger partial charge is 0.356 e. The van der Waals surface area contributed by atoms with E-state index in [9.17, 15) is 18.0 Å². The molecule has 3 aromatic rings. The largest absolute Gasteiger partial charge is 0.416 e. The van der Waals surface area contributed by atoms with E-state index in [0.29, 0.717) is 38.9 Å². The number of nitrogens with one attached hydrogen (secondary N) is 2. The average Bonchev–Trinajstić information content (AvgIpc) is 3.19. The number of benzene rings is 1. The Labute approximate surface area is 196 Å². The van der Waals surface area contributed by atoms with Crippen LogP contribution in [0.3, 0.4) is 0 Å². The number of piperidine rings is 1. The Morgan fingerprint density at radius 2 is 1.97 bits per heavy atom. The lowest BCUT2D eigenvalue weighted by molar-refractivity contribution is -0.137. The van der Waals surface area contributed by atoms with Gasteiger partial charge in [-0.25, -0.2) is 9.97 Å². The van der Waals surface area contributed by atoms with Gasteiger partial charge in [0.1, 0.15) is 17.8 Å². The van der Waals surface area contributed by atoms with Crippen LogP contribution >= 0.6 is 0 Å². The number of fused-ring (bicyclic) bond motifs is 1. The van der Waals surface area contributed by atoms with E-state index in [1.54, 1.807) is 0 Å². The van der Waals surface area contributed by atoms with Gasteiger partial charge in [-0.3, -0.25) is 4.79 Å². The zero-order valence-electron chi connectivity index (χ0n) is 19.5. The molecule has 1 fully saturated rings. The number of hydrogen-bond donors (Lipinski definition) is 2. The molecule has 3 heterocycles. The molecule has 0 atom stereocenters. The molecule has 2 aromatic heterocycles. The van der Waals surface area contributed by atoms with Gasteiger partial charge in [0.2, 0.25) is 5.91 Å². The Morgan fingerprint density at radius 1 is 1.24 bits per heavy atom. The first-order chi connectivity index (χ1) is 16.1. The maximum Gasteiger partial charge on any atom is 0.416 e. The summed E-state index contributed by atoms with van der Waals surface area (Å²) >= 11 is 0. The minimum atomic E-state index is -4.46. The number of aromatic nitrogens is 3. The van der Waals surface area contributed by atoms with Gasteiger partial charge >= 0.3 is 6.18 Å². The number of alkyl halides is 3. The SMILES string of the molecule is Cc1c[nH]c2ncnc(N3CCC(CCN(C)C)(C(=O)Nc4cccc(C(F)(F)F)c4)CC3)c12. The van der Waals surface area contributed by atoms with E-state index in [1.165, 1.54) is 18.5 Å². The molecule has 34 heavy (non-hydrogen) atoms. The Bertz CT molecular complexity index is 1160. The number of carbonyl (C=O) groups is 1. The molecule has 182 valence electrons. The normalized spacial score (nSPS) is 16.3. The van der Waals surface area contributed by atoms with Crippen LogP contribution in [0.15, 0.2) is 36.8 Å².